The molecule has 1 aromatic carbocycles. The minimum absolute atomic E-state index is 0.0225. The molecule has 1 aliphatic carbocycles. The van der Waals surface area contributed by atoms with Gasteiger partial charge in [0.25, 0.3) is 0 Å². The summed E-state index contributed by atoms with van der Waals surface area (Å²) in [4.78, 5) is 0. The van der Waals surface area contributed by atoms with Crippen molar-refractivity contribution in [2.24, 2.45) is 0 Å². The molecule has 1 aliphatic heterocycles. The van der Waals surface area contributed by atoms with Gasteiger partial charge in [0.05, 0.1) is 0 Å². The minimum atomic E-state index is 0.0225. The van der Waals surface area contributed by atoms with Gasteiger partial charge in [-0.25, -0.2) is 0 Å². The van der Waals surface area contributed by atoms with Gasteiger partial charge in [0.2, 0.25) is 0 Å². The molecule has 0 aromatic heterocycles. The fraction of sp³-hybridized carbons (Fsp3) is 0.529. The zero-order chi connectivity index (χ0) is 13.5. The number of hydrogen-bond acceptors (Lipinski definition) is 1. The third-order valence-electron chi connectivity index (χ3n) is 4.79. The molecule has 1 fully saturated rings. The summed E-state index contributed by atoms with van der Waals surface area (Å²) in [5.41, 5.74) is 1.34. The quantitative estimate of drug-likeness (QED) is 0.631. The number of halogens is 1. The average Bonchev–Trinajstić information content (AvgIpc) is 2.41. The maximum Gasteiger partial charge on any atom is 0.124 e. The number of hydrogen-bond donors (Lipinski definition) is 0. The molecule has 2 heteroatoms. The van der Waals surface area contributed by atoms with Crippen molar-refractivity contribution in [1.29, 1.82) is 0 Å². The lowest BCUT2D eigenvalue weighted by Gasteiger charge is -2.48. The van der Waals surface area contributed by atoms with Crippen LogP contribution in [-0.4, -0.2) is 5.60 Å². The van der Waals surface area contributed by atoms with Crippen LogP contribution in [-0.2, 0) is 5.41 Å². The Labute approximate surface area is 124 Å². The van der Waals surface area contributed by atoms with E-state index < -0.39 is 0 Å². The molecule has 1 nitrogen and oxygen atoms in total. The first-order chi connectivity index (χ1) is 9.07. The highest BCUT2D eigenvalue weighted by Gasteiger charge is 2.46. The van der Waals surface area contributed by atoms with Crippen molar-refractivity contribution in [2.75, 3.05) is 0 Å². The standard InChI is InChI=1S/C17H21BrO/c1-3-16(2)12-17(9-5-4-6-10-17)19-15-8-7-13(18)11-14(15)16/h3,7-8,11H,1,4-6,9-10,12H2,2H3. The lowest BCUT2D eigenvalue weighted by atomic mass is 9.67. The average molecular weight is 321 g/mol. The van der Waals surface area contributed by atoms with E-state index >= 15 is 0 Å². The van der Waals surface area contributed by atoms with Crippen LogP contribution in [0.3, 0.4) is 0 Å². The Morgan fingerprint density at radius 2 is 2.00 bits per heavy atom. The summed E-state index contributed by atoms with van der Waals surface area (Å²) in [5.74, 6) is 1.05. The van der Waals surface area contributed by atoms with Crippen molar-refractivity contribution < 1.29 is 4.74 Å². The van der Waals surface area contributed by atoms with Crippen LogP contribution in [0.15, 0.2) is 35.3 Å². The summed E-state index contributed by atoms with van der Waals surface area (Å²) in [6.45, 7) is 6.39. The van der Waals surface area contributed by atoms with Gasteiger partial charge in [-0.2, -0.15) is 0 Å². The molecule has 0 radical (unpaired) electrons. The van der Waals surface area contributed by atoms with Gasteiger partial charge < -0.3 is 4.74 Å². The number of fused-ring (bicyclic) bond motifs is 1. The van der Waals surface area contributed by atoms with Crippen molar-refractivity contribution in [3.8, 4) is 5.75 Å². The Hall–Kier alpha value is -0.760. The van der Waals surface area contributed by atoms with Gasteiger partial charge >= 0.3 is 0 Å². The molecule has 102 valence electrons. The van der Waals surface area contributed by atoms with Crippen LogP contribution in [0.1, 0.15) is 51.0 Å². The minimum Gasteiger partial charge on any atom is -0.487 e. The number of benzene rings is 1. The highest BCUT2D eigenvalue weighted by molar-refractivity contribution is 9.10. The normalized spacial score (nSPS) is 28.5. The van der Waals surface area contributed by atoms with E-state index in [4.69, 9.17) is 4.74 Å². The summed E-state index contributed by atoms with van der Waals surface area (Å²) in [5, 5.41) is 0. The Kier molecular flexibility index (Phi) is 3.24. The molecule has 1 aromatic rings. The molecule has 0 amide bonds. The smallest absolute Gasteiger partial charge is 0.124 e. The van der Waals surface area contributed by atoms with Crippen LogP contribution in [0.4, 0.5) is 0 Å². The Morgan fingerprint density at radius 1 is 1.26 bits per heavy atom. The van der Waals surface area contributed by atoms with E-state index in [1.54, 1.807) is 0 Å². The first-order valence-electron chi connectivity index (χ1n) is 7.20. The van der Waals surface area contributed by atoms with Crippen LogP contribution < -0.4 is 4.74 Å². The van der Waals surface area contributed by atoms with E-state index in [0.717, 1.165) is 16.6 Å². The molecule has 1 spiro atoms. The first kappa shape index (κ1) is 13.2. The monoisotopic (exact) mass is 320 g/mol. The van der Waals surface area contributed by atoms with Gasteiger partial charge in [-0.05, 0) is 43.9 Å². The Balaban J connectivity index is 2.07. The number of rotatable bonds is 1. The first-order valence-corrected chi connectivity index (χ1v) is 7.99. The zero-order valence-corrected chi connectivity index (χ0v) is 13.1. The summed E-state index contributed by atoms with van der Waals surface area (Å²) in [6.07, 6.45) is 9.48. The Morgan fingerprint density at radius 3 is 2.68 bits per heavy atom. The van der Waals surface area contributed by atoms with Gasteiger partial charge in [-0.1, -0.05) is 35.4 Å². The van der Waals surface area contributed by atoms with E-state index in [1.807, 2.05) is 0 Å². The predicted molar refractivity (Wildman–Crippen MR) is 82.8 cm³/mol. The van der Waals surface area contributed by atoms with Gasteiger partial charge in [0, 0.05) is 21.9 Å². The molecule has 1 saturated carbocycles. The number of allylic oxidation sites excluding steroid dienone is 1. The van der Waals surface area contributed by atoms with Crippen LogP contribution >= 0.6 is 15.9 Å². The van der Waals surface area contributed by atoms with Gasteiger partial charge in [-0.15, -0.1) is 6.58 Å². The lowest BCUT2D eigenvalue weighted by Crippen LogP contribution is -2.47. The maximum atomic E-state index is 6.44. The van der Waals surface area contributed by atoms with Crippen LogP contribution in [0.2, 0.25) is 0 Å². The maximum absolute atomic E-state index is 6.44. The van der Waals surface area contributed by atoms with E-state index in [-0.39, 0.29) is 11.0 Å². The molecule has 3 rings (SSSR count). The van der Waals surface area contributed by atoms with Gasteiger partial charge in [-0.3, -0.25) is 0 Å². The van der Waals surface area contributed by atoms with E-state index in [1.165, 1.54) is 37.7 Å². The fourth-order valence-corrected chi connectivity index (χ4v) is 4.09. The van der Waals surface area contributed by atoms with E-state index in [0.29, 0.717) is 0 Å². The molecule has 1 heterocycles. The predicted octanol–water partition coefficient (Wildman–Crippen LogP) is 5.38. The van der Waals surface area contributed by atoms with Crippen LogP contribution in [0, 0.1) is 0 Å². The summed E-state index contributed by atoms with van der Waals surface area (Å²) < 4.78 is 7.56. The number of ether oxygens (including phenoxy) is 1. The zero-order valence-electron chi connectivity index (χ0n) is 11.5. The molecular formula is C17H21BrO. The van der Waals surface area contributed by atoms with E-state index in [9.17, 15) is 0 Å². The molecule has 0 N–H and O–H groups in total. The van der Waals surface area contributed by atoms with Crippen LogP contribution in [0.5, 0.6) is 5.75 Å². The molecule has 2 aliphatic rings. The SMILES string of the molecule is C=CC1(C)CC2(CCCCC2)Oc2ccc(Br)cc21. The van der Waals surface area contributed by atoms with Crippen molar-refractivity contribution in [3.63, 3.8) is 0 Å². The second kappa shape index (κ2) is 4.66. The summed E-state index contributed by atoms with van der Waals surface area (Å²) >= 11 is 3.57. The highest BCUT2D eigenvalue weighted by Crippen LogP contribution is 2.50. The molecule has 0 bridgehead atoms. The third-order valence-corrected chi connectivity index (χ3v) is 5.28. The van der Waals surface area contributed by atoms with Crippen molar-refractivity contribution in [2.45, 2.75) is 56.5 Å². The van der Waals surface area contributed by atoms with Crippen LogP contribution in [0.25, 0.3) is 0 Å². The lowest BCUT2D eigenvalue weighted by molar-refractivity contribution is -0.00767. The Bertz CT molecular complexity index is 502. The third kappa shape index (κ3) is 2.24. The molecule has 19 heavy (non-hydrogen) atoms. The molecular weight excluding hydrogens is 300 g/mol. The topological polar surface area (TPSA) is 9.23 Å². The van der Waals surface area contributed by atoms with Gasteiger partial charge in [0.1, 0.15) is 11.4 Å². The largest absolute Gasteiger partial charge is 0.487 e. The van der Waals surface area contributed by atoms with Crippen molar-refractivity contribution in [1.82, 2.24) is 0 Å². The van der Waals surface area contributed by atoms with Crippen molar-refractivity contribution >= 4 is 15.9 Å². The summed E-state index contributed by atoms with van der Waals surface area (Å²) in [6, 6.07) is 6.37. The molecule has 0 saturated heterocycles. The molecule has 1 atom stereocenters. The molecule has 1 unspecified atom stereocenters. The second-order valence-corrected chi connectivity index (χ2v) is 7.20. The van der Waals surface area contributed by atoms with Crippen molar-refractivity contribution in [3.05, 3.63) is 40.9 Å². The van der Waals surface area contributed by atoms with Gasteiger partial charge in [0.15, 0.2) is 0 Å². The fourth-order valence-electron chi connectivity index (χ4n) is 3.73. The van der Waals surface area contributed by atoms with E-state index in [2.05, 4.69) is 53.7 Å². The highest BCUT2D eigenvalue weighted by atomic mass is 79.9. The second-order valence-electron chi connectivity index (χ2n) is 6.28. The summed E-state index contributed by atoms with van der Waals surface area (Å²) in [7, 11) is 0.